The molecule has 0 heterocycles. The molecule has 4 nitrogen and oxygen atoms in total. The lowest BCUT2D eigenvalue weighted by molar-refractivity contribution is -0.154. The van der Waals surface area contributed by atoms with Crippen molar-refractivity contribution >= 4 is 5.97 Å². The van der Waals surface area contributed by atoms with E-state index in [0.29, 0.717) is 13.0 Å². The quantitative estimate of drug-likeness (QED) is 0.0444. The van der Waals surface area contributed by atoms with E-state index in [-0.39, 0.29) is 19.2 Å². The lowest BCUT2D eigenvalue weighted by atomic mass is 10.1. The summed E-state index contributed by atoms with van der Waals surface area (Å²) in [4.78, 5) is 12.1. The summed E-state index contributed by atoms with van der Waals surface area (Å²) in [5.74, 6) is -0.232. The Kier molecular flexibility index (Phi) is 36.1. The second kappa shape index (κ2) is 37.5. The maximum absolute atomic E-state index is 12.1. The molecule has 1 N–H and O–H groups in total. The Balaban J connectivity index is 3.47. The highest BCUT2D eigenvalue weighted by atomic mass is 16.6. The Bertz CT molecular complexity index is 693. The Morgan fingerprint density at radius 2 is 1.02 bits per heavy atom. The average Bonchev–Trinajstić information content (AvgIpc) is 3.03. The van der Waals surface area contributed by atoms with Crippen molar-refractivity contribution in [2.75, 3.05) is 19.8 Å². The molecule has 0 radical (unpaired) electrons. The molecule has 0 aromatic carbocycles. The number of allylic oxidation sites excluding steroid dienone is 8. The summed E-state index contributed by atoms with van der Waals surface area (Å²) >= 11 is 0. The minimum absolute atomic E-state index is 0.186. The van der Waals surface area contributed by atoms with Crippen molar-refractivity contribution < 1.29 is 19.4 Å². The summed E-state index contributed by atoms with van der Waals surface area (Å²) in [5.41, 5.74) is 0. The first kappa shape index (κ1) is 42.3. The summed E-state index contributed by atoms with van der Waals surface area (Å²) in [6, 6.07) is 0. The van der Waals surface area contributed by atoms with Crippen LogP contribution in [0.25, 0.3) is 0 Å². The second-order valence-electron chi connectivity index (χ2n) is 12.3. The van der Waals surface area contributed by atoms with Crippen molar-refractivity contribution in [2.45, 2.75) is 180 Å². The van der Waals surface area contributed by atoms with Gasteiger partial charge < -0.3 is 14.6 Å². The van der Waals surface area contributed by atoms with Gasteiger partial charge in [-0.05, 0) is 70.6 Å². The topological polar surface area (TPSA) is 55.8 Å². The first-order valence-corrected chi connectivity index (χ1v) is 18.7. The van der Waals surface area contributed by atoms with Crippen molar-refractivity contribution in [3.05, 3.63) is 48.6 Å². The molecule has 0 aliphatic carbocycles. The summed E-state index contributed by atoms with van der Waals surface area (Å²) in [7, 11) is 0. The van der Waals surface area contributed by atoms with Crippen molar-refractivity contribution in [2.24, 2.45) is 0 Å². The number of carbonyl (C=O) groups is 1. The van der Waals surface area contributed by atoms with Crippen molar-refractivity contribution in [1.29, 1.82) is 0 Å². The van der Waals surface area contributed by atoms with Crippen LogP contribution < -0.4 is 0 Å². The van der Waals surface area contributed by atoms with E-state index >= 15 is 0 Å². The first-order chi connectivity index (χ1) is 21.7. The molecule has 0 amide bonds. The molecule has 0 aromatic heterocycles. The van der Waals surface area contributed by atoms with Crippen molar-refractivity contribution in [3.8, 4) is 0 Å². The van der Waals surface area contributed by atoms with Gasteiger partial charge in [-0.3, -0.25) is 4.79 Å². The molecule has 0 aromatic rings. The maximum atomic E-state index is 12.1. The molecular formula is C40H72O4. The van der Waals surface area contributed by atoms with Gasteiger partial charge in [0.2, 0.25) is 0 Å². The molecule has 0 saturated carbocycles. The van der Waals surface area contributed by atoms with Crippen LogP contribution in [0.1, 0.15) is 174 Å². The zero-order chi connectivity index (χ0) is 32.0. The third kappa shape index (κ3) is 34.8. The fraction of sp³-hybridized carbons (Fsp3) is 0.775. The van der Waals surface area contributed by atoms with E-state index in [1.54, 1.807) is 0 Å². The lowest BCUT2D eigenvalue weighted by Crippen LogP contribution is -2.27. The van der Waals surface area contributed by atoms with Gasteiger partial charge in [0.15, 0.2) is 0 Å². The number of aliphatic hydroxyl groups is 1. The van der Waals surface area contributed by atoms with Gasteiger partial charge in [0.1, 0.15) is 6.10 Å². The largest absolute Gasteiger partial charge is 0.457 e. The number of hydrogen-bond acceptors (Lipinski definition) is 4. The Morgan fingerprint density at radius 3 is 1.57 bits per heavy atom. The fourth-order valence-electron chi connectivity index (χ4n) is 5.10. The highest BCUT2D eigenvalue weighted by Crippen LogP contribution is 2.12. The van der Waals surface area contributed by atoms with Gasteiger partial charge >= 0.3 is 5.97 Å². The lowest BCUT2D eigenvalue weighted by Gasteiger charge is -2.15. The number of ether oxygens (including phenoxy) is 2. The Labute approximate surface area is 273 Å². The van der Waals surface area contributed by atoms with Gasteiger partial charge in [0, 0.05) is 13.0 Å². The smallest absolute Gasteiger partial charge is 0.306 e. The van der Waals surface area contributed by atoms with Crippen LogP contribution >= 0.6 is 0 Å². The number of aliphatic hydroxyl groups excluding tert-OH is 1. The SMILES string of the molecule is CC/C=C\C/C=C\C/C=C\CCCCCC(=O)OC(CO)COCCCCCCCCCC/C=C\CCCCCCCCC. The van der Waals surface area contributed by atoms with E-state index in [0.717, 1.165) is 51.4 Å². The predicted octanol–water partition coefficient (Wildman–Crippen LogP) is 11.9. The number of esters is 1. The highest BCUT2D eigenvalue weighted by Gasteiger charge is 2.13. The molecule has 0 rings (SSSR count). The van der Waals surface area contributed by atoms with E-state index in [4.69, 9.17) is 9.47 Å². The molecular weight excluding hydrogens is 544 g/mol. The van der Waals surface area contributed by atoms with Crippen LogP contribution in [0.4, 0.5) is 0 Å². The minimum atomic E-state index is -0.550. The van der Waals surface area contributed by atoms with Gasteiger partial charge in [-0.2, -0.15) is 0 Å². The zero-order valence-electron chi connectivity index (χ0n) is 29.2. The summed E-state index contributed by atoms with van der Waals surface area (Å²) in [5, 5.41) is 9.55. The second-order valence-corrected chi connectivity index (χ2v) is 12.3. The molecule has 4 heteroatoms. The molecule has 44 heavy (non-hydrogen) atoms. The summed E-state index contributed by atoms with van der Waals surface area (Å²) in [6.07, 6.45) is 47.3. The molecule has 0 fully saturated rings. The first-order valence-electron chi connectivity index (χ1n) is 18.7. The van der Waals surface area contributed by atoms with Crippen LogP contribution in [0.2, 0.25) is 0 Å². The van der Waals surface area contributed by atoms with E-state index in [2.05, 4.69) is 62.5 Å². The van der Waals surface area contributed by atoms with Gasteiger partial charge in [0.25, 0.3) is 0 Å². The Morgan fingerprint density at radius 1 is 0.568 bits per heavy atom. The third-order valence-electron chi connectivity index (χ3n) is 7.89. The van der Waals surface area contributed by atoms with Gasteiger partial charge in [0.05, 0.1) is 13.2 Å². The summed E-state index contributed by atoms with van der Waals surface area (Å²) < 4.78 is 11.1. The van der Waals surface area contributed by atoms with Gasteiger partial charge in [-0.1, -0.05) is 146 Å². The van der Waals surface area contributed by atoms with E-state index in [1.165, 1.54) is 103 Å². The average molecular weight is 617 g/mol. The molecule has 0 aliphatic rings. The molecule has 0 saturated heterocycles. The Hall–Kier alpha value is -1.65. The van der Waals surface area contributed by atoms with Gasteiger partial charge in [-0.15, -0.1) is 0 Å². The molecule has 1 atom stereocenters. The fourth-order valence-corrected chi connectivity index (χ4v) is 5.10. The van der Waals surface area contributed by atoms with Crippen LogP contribution in [0, 0.1) is 0 Å². The van der Waals surface area contributed by atoms with Crippen LogP contribution in [0.3, 0.4) is 0 Å². The highest BCUT2D eigenvalue weighted by molar-refractivity contribution is 5.69. The summed E-state index contributed by atoms with van der Waals surface area (Å²) in [6.45, 7) is 5.19. The molecule has 1 unspecified atom stereocenters. The zero-order valence-corrected chi connectivity index (χ0v) is 29.2. The van der Waals surface area contributed by atoms with E-state index in [9.17, 15) is 9.90 Å². The monoisotopic (exact) mass is 617 g/mol. The maximum Gasteiger partial charge on any atom is 0.306 e. The normalized spacial score (nSPS) is 12.9. The van der Waals surface area contributed by atoms with Crippen LogP contribution in [-0.2, 0) is 14.3 Å². The predicted molar refractivity (Wildman–Crippen MR) is 191 cm³/mol. The van der Waals surface area contributed by atoms with E-state index in [1.807, 2.05) is 0 Å². The number of rotatable bonds is 34. The van der Waals surface area contributed by atoms with Crippen molar-refractivity contribution in [1.82, 2.24) is 0 Å². The standard InChI is InChI=1S/C40H72O4/c1-3-5-7-9-11-13-15-17-18-19-20-21-22-24-26-28-30-32-34-36-43-38-39(37-41)44-40(42)35-33-31-29-27-25-23-16-14-12-10-8-6-4-2/h6,8,12,14,18-19,23,25,39,41H,3-5,7,9-11,13,15-17,20-22,24,26-38H2,1-2H3/b8-6-,14-12-,19-18-,25-23-. The van der Waals surface area contributed by atoms with Crippen LogP contribution in [-0.4, -0.2) is 37.0 Å². The molecule has 0 bridgehead atoms. The van der Waals surface area contributed by atoms with Crippen LogP contribution in [0.5, 0.6) is 0 Å². The van der Waals surface area contributed by atoms with Crippen molar-refractivity contribution in [3.63, 3.8) is 0 Å². The van der Waals surface area contributed by atoms with E-state index < -0.39 is 6.10 Å². The van der Waals surface area contributed by atoms with Crippen LogP contribution in [0.15, 0.2) is 48.6 Å². The molecule has 0 spiro atoms. The number of unbranched alkanes of at least 4 members (excludes halogenated alkanes) is 18. The number of carbonyl (C=O) groups excluding carboxylic acids is 1. The third-order valence-corrected chi connectivity index (χ3v) is 7.89. The minimum Gasteiger partial charge on any atom is -0.457 e. The number of hydrogen-bond donors (Lipinski definition) is 1. The molecule has 0 aliphatic heterocycles. The molecule has 256 valence electrons. The van der Waals surface area contributed by atoms with Gasteiger partial charge in [-0.25, -0.2) is 0 Å².